The molecule has 7 aromatic carbocycles. The van der Waals surface area contributed by atoms with Crippen molar-refractivity contribution in [1.29, 1.82) is 0 Å². The third kappa shape index (κ3) is 4.92. The average Bonchev–Trinajstić information content (AvgIpc) is 3.80. The fourth-order valence-electron chi connectivity index (χ4n) is 9.84. The second-order valence-corrected chi connectivity index (χ2v) is 18.9. The standard InChI is InChI=1S/C53H46BN2O/c1-51(2,3)30-17-20-32(21-18-30)55-42-25-19-31(52(4,5)6)27-37(42)34-22-23-36-48-43(26-24-40-47(48)35-14-9-11-15-39(35)53(40,7)8)56-44-28-38-33-13-10-12-16-45(33)57-46(38)29-41(44)54-49(34)50(36)56/h9-29,55H,1-8H3. The summed E-state index contributed by atoms with van der Waals surface area (Å²) < 4.78 is 9.07. The fourth-order valence-corrected chi connectivity index (χ4v) is 9.84. The summed E-state index contributed by atoms with van der Waals surface area (Å²) in [5.41, 5.74) is 20.5. The molecule has 1 aliphatic heterocycles. The number of hydrogen-bond acceptors (Lipinski definition) is 2. The average molecular weight is 738 g/mol. The summed E-state index contributed by atoms with van der Waals surface area (Å²) in [6.45, 7) is 18.5. The van der Waals surface area contributed by atoms with E-state index in [2.05, 4.69) is 200 Å². The van der Waals surface area contributed by atoms with Gasteiger partial charge in [-0.25, -0.2) is 0 Å². The largest absolute Gasteiger partial charge is 0.456 e. The zero-order valence-corrected chi connectivity index (χ0v) is 34.1. The van der Waals surface area contributed by atoms with Crippen molar-refractivity contribution < 1.29 is 4.42 Å². The zero-order valence-electron chi connectivity index (χ0n) is 34.1. The van der Waals surface area contributed by atoms with E-state index in [9.17, 15) is 0 Å². The monoisotopic (exact) mass is 737 g/mol. The lowest BCUT2D eigenvalue weighted by molar-refractivity contribution is 0.590. The highest BCUT2D eigenvalue weighted by Crippen LogP contribution is 2.53. The lowest BCUT2D eigenvalue weighted by atomic mass is 9.59. The van der Waals surface area contributed by atoms with Crippen LogP contribution in [0.15, 0.2) is 132 Å². The molecular weight excluding hydrogens is 691 g/mol. The lowest BCUT2D eigenvalue weighted by Gasteiger charge is -2.26. The van der Waals surface area contributed by atoms with E-state index in [0.29, 0.717) is 0 Å². The molecule has 2 aromatic heterocycles. The molecular formula is C53H46BN2O. The Morgan fingerprint density at radius 2 is 1.33 bits per heavy atom. The summed E-state index contributed by atoms with van der Waals surface area (Å²) in [7, 11) is 2.42. The van der Waals surface area contributed by atoms with Crippen molar-refractivity contribution in [3.8, 4) is 27.9 Å². The molecule has 4 heteroatoms. The molecule has 0 amide bonds. The number of nitrogens with zero attached hydrogens (tertiary/aromatic N) is 1. The number of fused-ring (bicyclic) bond motifs is 12. The number of rotatable bonds is 3. The first-order valence-corrected chi connectivity index (χ1v) is 20.3. The van der Waals surface area contributed by atoms with Gasteiger partial charge in [-0.05, 0) is 104 Å². The van der Waals surface area contributed by atoms with Crippen molar-refractivity contribution in [2.24, 2.45) is 0 Å². The third-order valence-corrected chi connectivity index (χ3v) is 12.9. The van der Waals surface area contributed by atoms with Gasteiger partial charge in [0.15, 0.2) is 7.28 Å². The molecule has 0 fully saturated rings. The van der Waals surface area contributed by atoms with Gasteiger partial charge in [0.05, 0.1) is 5.52 Å². The molecule has 0 spiro atoms. The van der Waals surface area contributed by atoms with Gasteiger partial charge in [0, 0.05) is 55.1 Å². The number of benzene rings is 7. The van der Waals surface area contributed by atoms with Gasteiger partial charge in [0.1, 0.15) is 11.2 Å². The maximum atomic E-state index is 6.51. The van der Waals surface area contributed by atoms with Crippen LogP contribution < -0.4 is 16.2 Å². The Balaban J connectivity index is 1.22. The van der Waals surface area contributed by atoms with Gasteiger partial charge in [-0.15, -0.1) is 0 Å². The van der Waals surface area contributed by atoms with Crippen molar-refractivity contribution in [3.05, 3.63) is 150 Å². The lowest BCUT2D eigenvalue weighted by Crippen LogP contribution is -2.37. The number of para-hydroxylation sites is 1. The summed E-state index contributed by atoms with van der Waals surface area (Å²) in [5.74, 6) is 0. The quantitative estimate of drug-likeness (QED) is 0.183. The minimum absolute atomic E-state index is 0.0260. The Morgan fingerprint density at radius 1 is 0.596 bits per heavy atom. The highest BCUT2D eigenvalue weighted by Gasteiger charge is 2.38. The fraction of sp³-hybridized carbons (Fsp3) is 0.208. The van der Waals surface area contributed by atoms with Crippen LogP contribution in [-0.4, -0.2) is 11.8 Å². The minimum atomic E-state index is -0.0948. The smallest absolute Gasteiger partial charge is 0.198 e. The first-order chi connectivity index (χ1) is 27.3. The van der Waals surface area contributed by atoms with Crippen molar-refractivity contribution in [3.63, 3.8) is 0 Å². The molecule has 0 saturated carbocycles. The minimum Gasteiger partial charge on any atom is -0.456 e. The van der Waals surface area contributed by atoms with Crippen LogP contribution in [0, 0.1) is 0 Å². The SMILES string of the molecule is CC(C)(C)c1ccc(Nc2ccc(C(C)(C)C)cc2-c2ccc3c4c5c(ccc4n4c3c2[B]c2cc3oc6ccccc6c3cc2-4)C(C)(C)c2ccccc2-5)cc1. The molecule has 11 rings (SSSR count). The van der Waals surface area contributed by atoms with Gasteiger partial charge in [-0.2, -0.15) is 0 Å². The number of hydrogen-bond donors (Lipinski definition) is 1. The normalized spacial score (nSPS) is 14.2. The molecule has 0 unspecified atom stereocenters. The van der Waals surface area contributed by atoms with Gasteiger partial charge in [0.2, 0.25) is 0 Å². The summed E-state index contributed by atoms with van der Waals surface area (Å²) in [6.07, 6.45) is 0. The molecule has 57 heavy (non-hydrogen) atoms. The number of nitrogens with one attached hydrogen (secondary N) is 1. The van der Waals surface area contributed by atoms with E-state index in [1.165, 1.54) is 77.5 Å². The second kappa shape index (κ2) is 11.5. The summed E-state index contributed by atoms with van der Waals surface area (Å²) in [4.78, 5) is 0. The van der Waals surface area contributed by atoms with Crippen LogP contribution in [0.3, 0.4) is 0 Å². The van der Waals surface area contributed by atoms with Crippen molar-refractivity contribution in [2.45, 2.75) is 71.6 Å². The predicted octanol–water partition coefficient (Wildman–Crippen LogP) is 13.0. The summed E-state index contributed by atoms with van der Waals surface area (Å²) >= 11 is 0. The molecule has 1 N–H and O–H groups in total. The molecule has 0 bridgehead atoms. The Bertz CT molecular complexity index is 3160. The molecule has 2 aliphatic rings. The van der Waals surface area contributed by atoms with Crippen molar-refractivity contribution in [1.82, 2.24) is 4.57 Å². The predicted molar refractivity (Wildman–Crippen MR) is 243 cm³/mol. The van der Waals surface area contributed by atoms with Gasteiger partial charge < -0.3 is 14.3 Å². The topological polar surface area (TPSA) is 30.1 Å². The van der Waals surface area contributed by atoms with E-state index < -0.39 is 0 Å². The molecule has 0 atom stereocenters. The van der Waals surface area contributed by atoms with Crippen LogP contribution in [0.5, 0.6) is 0 Å². The third-order valence-electron chi connectivity index (χ3n) is 12.9. The van der Waals surface area contributed by atoms with Crippen LogP contribution in [0.2, 0.25) is 0 Å². The van der Waals surface area contributed by atoms with Gasteiger partial charge in [-0.3, -0.25) is 0 Å². The van der Waals surface area contributed by atoms with Gasteiger partial charge >= 0.3 is 0 Å². The first kappa shape index (κ1) is 34.3. The van der Waals surface area contributed by atoms with Crippen LogP contribution in [0.1, 0.15) is 77.6 Å². The molecule has 1 aliphatic carbocycles. The van der Waals surface area contributed by atoms with Crippen molar-refractivity contribution in [2.75, 3.05) is 5.32 Å². The second-order valence-electron chi connectivity index (χ2n) is 18.9. The van der Waals surface area contributed by atoms with E-state index in [-0.39, 0.29) is 16.2 Å². The molecule has 1 radical (unpaired) electrons. The molecule has 277 valence electrons. The van der Waals surface area contributed by atoms with Gasteiger partial charge in [-0.1, -0.05) is 140 Å². The Kier molecular flexibility index (Phi) is 6.94. The Labute approximate surface area is 335 Å². The maximum Gasteiger partial charge on any atom is 0.198 e. The van der Waals surface area contributed by atoms with E-state index in [4.69, 9.17) is 4.42 Å². The number of aromatic nitrogens is 1. The van der Waals surface area contributed by atoms with Crippen LogP contribution in [-0.2, 0) is 16.2 Å². The molecule has 3 nitrogen and oxygen atoms in total. The van der Waals surface area contributed by atoms with E-state index in [1.807, 2.05) is 0 Å². The summed E-state index contributed by atoms with van der Waals surface area (Å²) in [5, 5.41) is 8.76. The molecule has 9 aromatic rings. The Hall–Kier alpha value is -6.00. The maximum absolute atomic E-state index is 6.51. The van der Waals surface area contributed by atoms with E-state index in [1.54, 1.807) is 0 Å². The molecule has 3 heterocycles. The zero-order chi connectivity index (χ0) is 39.2. The van der Waals surface area contributed by atoms with E-state index >= 15 is 0 Å². The molecule has 0 saturated heterocycles. The van der Waals surface area contributed by atoms with Crippen LogP contribution in [0.25, 0.3) is 71.7 Å². The van der Waals surface area contributed by atoms with Crippen molar-refractivity contribution >= 4 is 73.3 Å². The van der Waals surface area contributed by atoms with Crippen LogP contribution in [0.4, 0.5) is 11.4 Å². The van der Waals surface area contributed by atoms with Crippen LogP contribution >= 0.6 is 0 Å². The highest BCUT2D eigenvalue weighted by molar-refractivity contribution is 6.73. The number of furan rings is 1. The summed E-state index contributed by atoms with van der Waals surface area (Å²) in [6, 6.07) is 47.5. The van der Waals surface area contributed by atoms with Gasteiger partial charge in [0.25, 0.3) is 0 Å². The number of anilines is 2. The Morgan fingerprint density at radius 3 is 2.12 bits per heavy atom. The van der Waals surface area contributed by atoms with E-state index in [0.717, 1.165) is 38.8 Å². The first-order valence-electron chi connectivity index (χ1n) is 20.3. The highest BCUT2D eigenvalue weighted by atomic mass is 16.3.